The summed E-state index contributed by atoms with van der Waals surface area (Å²) in [5.74, 6) is 4.14. The zero-order valence-corrected chi connectivity index (χ0v) is 13.8. The Bertz CT molecular complexity index is 239. The lowest BCUT2D eigenvalue weighted by Crippen LogP contribution is -2.29. The van der Waals surface area contributed by atoms with Crippen LogP contribution >= 0.6 is 11.1 Å². The third kappa shape index (κ3) is 9.69. The van der Waals surface area contributed by atoms with Gasteiger partial charge in [-0.1, -0.05) is 52.9 Å². The molecule has 1 radical (unpaired) electrons. The summed E-state index contributed by atoms with van der Waals surface area (Å²) in [5, 5.41) is 3.31. The first-order valence-electron chi connectivity index (χ1n) is 6.36. The highest BCUT2D eigenvalue weighted by Gasteiger charge is 2.25. The predicted molar refractivity (Wildman–Crippen MR) is 84.5 cm³/mol. The minimum Gasteiger partial charge on any atom is -0.312 e. The first-order chi connectivity index (χ1) is 7.73. The average Bonchev–Trinajstić information content (AvgIpc) is 2.16. The van der Waals surface area contributed by atoms with Gasteiger partial charge in [-0.3, -0.25) is 0 Å². The van der Waals surface area contributed by atoms with Crippen LogP contribution in [0.15, 0.2) is 24.1 Å². The summed E-state index contributed by atoms with van der Waals surface area (Å²) >= 11 is 6.23. The second-order valence-electron chi connectivity index (χ2n) is 5.53. The molecule has 0 bridgehead atoms. The van der Waals surface area contributed by atoms with Gasteiger partial charge in [0.25, 0.3) is 0 Å². The van der Waals surface area contributed by atoms with E-state index in [0.717, 1.165) is 0 Å². The van der Waals surface area contributed by atoms with E-state index < -0.39 is 7.38 Å². The number of hydrogen-bond donors (Lipinski definition) is 1. The molecule has 0 spiro atoms. The van der Waals surface area contributed by atoms with Crippen molar-refractivity contribution in [1.29, 1.82) is 0 Å². The molecule has 1 nitrogen and oxygen atoms in total. The Morgan fingerprint density at radius 2 is 1.47 bits per heavy atom. The Labute approximate surface area is 114 Å². The van der Waals surface area contributed by atoms with Gasteiger partial charge in [-0.05, 0) is 0 Å². The highest BCUT2D eigenvalue weighted by Crippen LogP contribution is 2.29. The molecule has 4 heteroatoms. The molecular weight excluding hydrogens is 245 g/mol. The van der Waals surface area contributed by atoms with E-state index in [1.165, 1.54) is 0 Å². The van der Waals surface area contributed by atoms with Crippen molar-refractivity contribution >= 4 is 25.7 Å². The SMILES string of the molecule is CC(C)NC(C)C.C[Si](C)(Cl)C1C=C[B]C=C1. The van der Waals surface area contributed by atoms with Crippen molar-refractivity contribution in [1.82, 2.24) is 5.32 Å². The van der Waals surface area contributed by atoms with Crippen LogP contribution in [0.1, 0.15) is 27.7 Å². The molecule has 0 aromatic heterocycles. The van der Waals surface area contributed by atoms with E-state index in [1.54, 1.807) is 0 Å². The van der Waals surface area contributed by atoms with Crippen LogP contribution in [-0.4, -0.2) is 26.7 Å². The molecular formula is C13H26BClNSi. The minimum atomic E-state index is -1.48. The second kappa shape index (κ2) is 8.17. The van der Waals surface area contributed by atoms with E-state index in [-0.39, 0.29) is 0 Å². The van der Waals surface area contributed by atoms with Crippen LogP contribution < -0.4 is 5.32 Å². The fourth-order valence-electron chi connectivity index (χ4n) is 1.62. The van der Waals surface area contributed by atoms with Gasteiger partial charge in [0.05, 0.1) is 0 Å². The highest BCUT2D eigenvalue weighted by atomic mass is 35.6. The minimum absolute atomic E-state index is 0.513. The van der Waals surface area contributed by atoms with Gasteiger partial charge < -0.3 is 5.32 Å². The molecule has 0 aromatic rings. The number of hydrogen-bond acceptors (Lipinski definition) is 1. The number of rotatable bonds is 3. The number of allylic oxidation sites excluding steroid dienone is 2. The van der Waals surface area contributed by atoms with Crippen molar-refractivity contribution < 1.29 is 0 Å². The molecule has 1 heterocycles. The van der Waals surface area contributed by atoms with Gasteiger partial charge in [0.15, 0.2) is 14.7 Å². The average molecular weight is 271 g/mol. The number of halogens is 1. The lowest BCUT2D eigenvalue weighted by Gasteiger charge is -2.21. The summed E-state index contributed by atoms with van der Waals surface area (Å²) in [4.78, 5) is 0. The van der Waals surface area contributed by atoms with Crippen LogP contribution in [0.25, 0.3) is 0 Å². The van der Waals surface area contributed by atoms with Crippen molar-refractivity contribution in [2.24, 2.45) is 0 Å². The maximum Gasteiger partial charge on any atom is 0.170 e. The van der Waals surface area contributed by atoms with Gasteiger partial charge in [0.1, 0.15) is 0 Å². The van der Waals surface area contributed by atoms with Gasteiger partial charge in [-0.2, -0.15) is 11.1 Å². The van der Waals surface area contributed by atoms with Crippen LogP contribution in [0.3, 0.4) is 0 Å². The van der Waals surface area contributed by atoms with Crippen molar-refractivity contribution in [2.75, 3.05) is 0 Å². The third-order valence-electron chi connectivity index (χ3n) is 2.32. The smallest absolute Gasteiger partial charge is 0.170 e. The fourth-order valence-corrected chi connectivity index (χ4v) is 3.19. The van der Waals surface area contributed by atoms with Crippen LogP contribution in [0.5, 0.6) is 0 Å². The fraction of sp³-hybridized carbons (Fsp3) is 0.692. The summed E-state index contributed by atoms with van der Waals surface area (Å²) in [6.07, 6.45) is 4.36. The zero-order chi connectivity index (χ0) is 13.5. The van der Waals surface area contributed by atoms with Gasteiger partial charge >= 0.3 is 0 Å². The maximum absolute atomic E-state index is 6.23. The van der Waals surface area contributed by atoms with Gasteiger partial charge in [0, 0.05) is 17.6 Å². The molecule has 0 fully saturated rings. The maximum atomic E-state index is 6.23. The Morgan fingerprint density at radius 3 is 1.65 bits per heavy atom. The standard InChI is InChI=1S/C7H11BClSi.C6H15N/c1-10(2,9)7-3-5-8-6-4-7;1-5(2)7-6(3)4/h3-7H,1-2H3;5-7H,1-4H3. The molecule has 0 aliphatic carbocycles. The van der Waals surface area contributed by atoms with Crippen molar-refractivity contribution in [3.05, 3.63) is 24.1 Å². The van der Waals surface area contributed by atoms with Crippen LogP contribution in [0, 0.1) is 0 Å². The summed E-state index contributed by atoms with van der Waals surface area (Å²) in [6, 6.07) is 1.25. The summed E-state index contributed by atoms with van der Waals surface area (Å²) < 4.78 is 0. The van der Waals surface area contributed by atoms with Gasteiger partial charge in [0.2, 0.25) is 0 Å². The monoisotopic (exact) mass is 270 g/mol. The first kappa shape index (κ1) is 17.0. The lowest BCUT2D eigenvalue weighted by atomic mass is 9.75. The Balaban J connectivity index is 0.000000325. The molecule has 0 unspecified atom stereocenters. The van der Waals surface area contributed by atoms with Crippen molar-refractivity contribution in [3.63, 3.8) is 0 Å². The molecule has 0 saturated carbocycles. The first-order valence-corrected chi connectivity index (χ1v) is 10.5. The third-order valence-corrected chi connectivity index (χ3v) is 5.04. The van der Waals surface area contributed by atoms with Crippen molar-refractivity contribution in [3.8, 4) is 0 Å². The second-order valence-corrected chi connectivity index (χ2v) is 12.2. The van der Waals surface area contributed by atoms with Gasteiger partial charge in [-0.25, -0.2) is 0 Å². The molecule has 0 saturated heterocycles. The molecule has 0 amide bonds. The summed E-state index contributed by atoms with van der Waals surface area (Å²) in [5.41, 5.74) is 0.513. The predicted octanol–water partition coefficient (Wildman–Crippen LogP) is 3.94. The Morgan fingerprint density at radius 1 is 1.06 bits per heavy atom. The van der Waals surface area contributed by atoms with E-state index in [4.69, 9.17) is 11.1 Å². The molecule has 1 aliphatic heterocycles. The molecule has 1 rings (SSSR count). The zero-order valence-electron chi connectivity index (χ0n) is 12.0. The highest BCUT2D eigenvalue weighted by molar-refractivity contribution is 7.20. The van der Waals surface area contributed by atoms with E-state index >= 15 is 0 Å². The van der Waals surface area contributed by atoms with Crippen molar-refractivity contribution in [2.45, 2.75) is 58.4 Å². The van der Waals surface area contributed by atoms with E-state index in [9.17, 15) is 0 Å². The summed E-state index contributed by atoms with van der Waals surface area (Å²) in [6.45, 7) is 12.9. The quantitative estimate of drug-likeness (QED) is 0.605. The normalized spacial score (nSPS) is 15.8. The van der Waals surface area contributed by atoms with E-state index in [0.29, 0.717) is 17.6 Å². The van der Waals surface area contributed by atoms with Crippen LogP contribution in [0.2, 0.25) is 18.6 Å². The Hall–Kier alpha value is 0.0118. The Kier molecular flexibility index (Phi) is 8.18. The van der Waals surface area contributed by atoms with Crippen LogP contribution in [-0.2, 0) is 0 Å². The molecule has 0 aromatic carbocycles. The van der Waals surface area contributed by atoms with E-state index in [2.05, 4.69) is 70.2 Å². The number of nitrogens with one attached hydrogen (secondary N) is 1. The van der Waals surface area contributed by atoms with Gasteiger partial charge in [-0.15, -0.1) is 12.0 Å². The summed E-state index contributed by atoms with van der Waals surface area (Å²) in [7, 11) is 0.557. The van der Waals surface area contributed by atoms with E-state index in [1.807, 2.05) is 7.28 Å². The lowest BCUT2D eigenvalue weighted by molar-refractivity contribution is 0.518. The largest absolute Gasteiger partial charge is 0.312 e. The molecule has 17 heavy (non-hydrogen) atoms. The molecule has 97 valence electrons. The molecule has 1 N–H and O–H groups in total. The topological polar surface area (TPSA) is 12.0 Å². The molecule has 1 aliphatic rings. The van der Waals surface area contributed by atoms with Crippen LogP contribution in [0.4, 0.5) is 0 Å². The molecule has 0 atom stereocenters.